The van der Waals surface area contributed by atoms with Crippen LogP contribution in [0.2, 0.25) is 0 Å². The Labute approximate surface area is 192 Å². The second-order valence-electron chi connectivity index (χ2n) is 7.78. The quantitative estimate of drug-likeness (QED) is 0.453. The first-order valence-electron chi connectivity index (χ1n) is 10.7. The molecule has 4 aromatic rings. The van der Waals surface area contributed by atoms with Crippen molar-refractivity contribution >= 4 is 28.4 Å². The van der Waals surface area contributed by atoms with Gasteiger partial charge in [0.2, 0.25) is 0 Å². The Kier molecular flexibility index (Phi) is 5.66. The summed E-state index contributed by atoms with van der Waals surface area (Å²) in [5.74, 6) is -0.0613. The third-order valence-electron chi connectivity index (χ3n) is 5.60. The van der Waals surface area contributed by atoms with Crippen LogP contribution in [0, 0.1) is 0 Å². The van der Waals surface area contributed by atoms with Gasteiger partial charge in [0.25, 0.3) is 5.91 Å². The number of carbonyl (C=O) groups excluding carboxylic acids is 1. The number of benzene rings is 2. The number of H-pyrrole nitrogens is 1. The third-order valence-corrected chi connectivity index (χ3v) is 5.60. The number of alkyl halides is 3. The van der Waals surface area contributed by atoms with Gasteiger partial charge in [-0.3, -0.25) is 4.79 Å². The summed E-state index contributed by atoms with van der Waals surface area (Å²) in [5.41, 5.74) is 0.722. The molecule has 0 bridgehead atoms. The number of hydrogen-bond acceptors (Lipinski definition) is 5. The number of ether oxygens (including phenoxy) is 1. The number of pyridine rings is 1. The number of nitrogens with one attached hydrogen (secondary N) is 2. The lowest BCUT2D eigenvalue weighted by Crippen LogP contribution is -2.36. The number of hydrogen-bond donors (Lipinski definition) is 2. The molecule has 0 aliphatic carbocycles. The van der Waals surface area contributed by atoms with E-state index in [1.807, 2.05) is 4.90 Å². The molecule has 1 amide bonds. The van der Waals surface area contributed by atoms with Gasteiger partial charge in [0, 0.05) is 30.5 Å². The Morgan fingerprint density at radius 1 is 1.06 bits per heavy atom. The smallest absolute Gasteiger partial charge is 0.378 e. The molecule has 1 fully saturated rings. The average molecular weight is 467 g/mol. The molecule has 0 radical (unpaired) electrons. The molecule has 0 spiro atoms. The average Bonchev–Trinajstić information content (AvgIpc) is 3.29. The summed E-state index contributed by atoms with van der Waals surface area (Å²) in [4.78, 5) is 26.3. The minimum Gasteiger partial charge on any atom is -0.378 e. The number of aromatic nitrogens is 3. The van der Waals surface area contributed by atoms with Gasteiger partial charge in [-0.25, -0.2) is 9.97 Å². The van der Waals surface area contributed by atoms with Crippen molar-refractivity contribution in [2.75, 3.05) is 36.5 Å². The number of nitrogens with zero attached hydrogens (tertiary/aromatic N) is 3. The Hall–Kier alpha value is -3.92. The fourth-order valence-corrected chi connectivity index (χ4v) is 3.96. The van der Waals surface area contributed by atoms with Crippen LogP contribution in [0.3, 0.4) is 0 Å². The molecule has 7 nitrogen and oxygen atoms in total. The van der Waals surface area contributed by atoms with Crippen LogP contribution in [0.5, 0.6) is 0 Å². The fraction of sp³-hybridized carbons (Fsp3) is 0.208. The van der Waals surface area contributed by atoms with Crippen molar-refractivity contribution in [1.29, 1.82) is 0 Å². The van der Waals surface area contributed by atoms with Crippen LogP contribution in [-0.4, -0.2) is 47.2 Å². The van der Waals surface area contributed by atoms with E-state index in [1.54, 1.807) is 42.6 Å². The van der Waals surface area contributed by atoms with E-state index >= 15 is 0 Å². The summed E-state index contributed by atoms with van der Waals surface area (Å²) >= 11 is 0. The Balaban J connectivity index is 1.57. The van der Waals surface area contributed by atoms with Crippen LogP contribution in [0.15, 0.2) is 60.8 Å². The zero-order valence-corrected chi connectivity index (χ0v) is 17.9. The summed E-state index contributed by atoms with van der Waals surface area (Å²) in [6.45, 7) is 2.19. The predicted octanol–water partition coefficient (Wildman–Crippen LogP) is 4.73. The first-order chi connectivity index (χ1) is 16.4. The Morgan fingerprint density at radius 2 is 1.88 bits per heavy atom. The number of halogens is 3. The van der Waals surface area contributed by atoms with Crippen molar-refractivity contribution in [3.8, 4) is 11.4 Å². The second-order valence-corrected chi connectivity index (χ2v) is 7.78. The van der Waals surface area contributed by atoms with Gasteiger partial charge in [0.1, 0.15) is 17.2 Å². The van der Waals surface area contributed by atoms with Crippen molar-refractivity contribution in [3.63, 3.8) is 0 Å². The molecule has 0 saturated carbocycles. The highest BCUT2D eigenvalue weighted by Crippen LogP contribution is 2.39. The van der Waals surface area contributed by atoms with Gasteiger partial charge in [-0.1, -0.05) is 12.1 Å². The first kappa shape index (κ1) is 21.9. The summed E-state index contributed by atoms with van der Waals surface area (Å²) in [5, 5.41) is 2.68. The number of morpholine rings is 1. The van der Waals surface area contributed by atoms with Crippen molar-refractivity contribution in [1.82, 2.24) is 15.0 Å². The van der Waals surface area contributed by atoms with E-state index in [0.29, 0.717) is 43.3 Å². The fourth-order valence-electron chi connectivity index (χ4n) is 3.96. The van der Waals surface area contributed by atoms with E-state index in [-0.39, 0.29) is 22.5 Å². The maximum absolute atomic E-state index is 13.9. The maximum Gasteiger partial charge on any atom is 0.417 e. The largest absolute Gasteiger partial charge is 0.417 e. The summed E-state index contributed by atoms with van der Waals surface area (Å²) in [6.07, 6.45) is -3.03. The highest BCUT2D eigenvalue weighted by Gasteiger charge is 2.35. The molecular weight excluding hydrogens is 447 g/mol. The normalized spacial score (nSPS) is 14.4. The van der Waals surface area contributed by atoms with Gasteiger partial charge in [-0.15, -0.1) is 0 Å². The molecule has 0 unspecified atom stereocenters. The van der Waals surface area contributed by atoms with Gasteiger partial charge in [0.15, 0.2) is 0 Å². The molecule has 0 atom stereocenters. The molecule has 10 heteroatoms. The van der Waals surface area contributed by atoms with E-state index in [4.69, 9.17) is 4.74 Å². The molecular formula is C24H20F3N5O2. The number of para-hydroxylation sites is 1. The number of imidazole rings is 1. The Morgan fingerprint density at radius 3 is 2.62 bits per heavy atom. The van der Waals surface area contributed by atoms with Gasteiger partial charge in [0.05, 0.1) is 29.9 Å². The Bertz CT molecular complexity index is 1330. The van der Waals surface area contributed by atoms with Crippen molar-refractivity contribution in [2.24, 2.45) is 0 Å². The number of fused-ring (bicyclic) bond motifs is 1. The van der Waals surface area contributed by atoms with E-state index in [9.17, 15) is 18.0 Å². The molecule has 1 saturated heterocycles. The van der Waals surface area contributed by atoms with E-state index in [0.717, 1.165) is 6.07 Å². The second kappa shape index (κ2) is 8.79. The van der Waals surface area contributed by atoms with Crippen LogP contribution >= 0.6 is 0 Å². The van der Waals surface area contributed by atoms with Crippen molar-refractivity contribution in [3.05, 3.63) is 71.9 Å². The molecule has 5 rings (SSSR count). The number of aromatic amines is 1. The zero-order valence-electron chi connectivity index (χ0n) is 17.9. The molecule has 34 heavy (non-hydrogen) atoms. The van der Waals surface area contributed by atoms with E-state index in [1.165, 1.54) is 12.1 Å². The molecule has 1 aliphatic heterocycles. The van der Waals surface area contributed by atoms with Crippen LogP contribution in [-0.2, 0) is 10.9 Å². The minimum atomic E-state index is -4.57. The third kappa shape index (κ3) is 4.32. The van der Waals surface area contributed by atoms with E-state index in [2.05, 4.69) is 20.3 Å². The standard InChI is InChI=1S/C24H20F3N5O2/c25-24(26,27)18-8-7-15(32-10-12-34-13-11-32)14-17(18)22-29-19-5-3-4-16(21(19)31-22)23(33)30-20-6-1-2-9-28-20/h1-9,14H,10-13H2,(H,29,31)(H,28,30,33). The SMILES string of the molecule is O=C(Nc1ccccn1)c1cccc2[nH]c(-c3cc(N4CCOCC4)ccc3C(F)(F)F)nc12. The maximum atomic E-state index is 13.9. The molecule has 3 heterocycles. The molecule has 2 aromatic carbocycles. The number of carbonyl (C=O) groups is 1. The summed E-state index contributed by atoms with van der Waals surface area (Å²) < 4.78 is 47.0. The molecule has 2 aromatic heterocycles. The molecule has 174 valence electrons. The number of amides is 1. The van der Waals surface area contributed by atoms with Crippen LogP contribution in [0.25, 0.3) is 22.4 Å². The lowest BCUT2D eigenvalue weighted by molar-refractivity contribution is -0.137. The monoisotopic (exact) mass is 467 g/mol. The summed E-state index contributed by atoms with van der Waals surface area (Å²) in [7, 11) is 0. The first-order valence-corrected chi connectivity index (χ1v) is 10.7. The lowest BCUT2D eigenvalue weighted by Gasteiger charge is -2.29. The lowest BCUT2D eigenvalue weighted by atomic mass is 10.0. The van der Waals surface area contributed by atoms with Crippen LogP contribution in [0.1, 0.15) is 15.9 Å². The van der Waals surface area contributed by atoms with Gasteiger partial charge in [-0.05, 0) is 42.5 Å². The van der Waals surface area contributed by atoms with Crippen LogP contribution in [0.4, 0.5) is 24.7 Å². The van der Waals surface area contributed by atoms with Crippen molar-refractivity contribution in [2.45, 2.75) is 6.18 Å². The molecule has 1 aliphatic rings. The highest BCUT2D eigenvalue weighted by molar-refractivity contribution is 6.11. The minimum absolute atomic E-state index is 0.0375. The van der Waals surface area contributed by atoms with Crippen LogP contribution < -0.4 is 10.2 Å². The van der Waals surface area contributed by atoms with Gasteiger partial charge < -0.3 is 19.9 Å². The molecule has 2 N–H and O–H groups in total. The van der Waals surface area contributed by atoms with Crippen molar-refractivity contribution < 1.29 is 22.7 Å². The number of anilines is 2. The predicted molar refractivity (Wildman–Crippen MR) is 122 cm³/mol. The van der Waals surface area contributed by atoms with Gasteiger partial charge >= 0.3 is 6.18 Å². The topological polar surface area (TPSA) is 83.1 Å². The van der Waals surface area contributed by atoms with Gasteiger partial charge in [-0.2, -0.15) is 13.2 Å². The highest BCUT2D eigenvalue weighted by atomic mass is 19.4. The summed E-state index contributed by atoms with van der Waals surface area (Å²) in [6, 6.07) is 14.0. The zero-order chi connectivity index (χ0) is 23.7. The number of rotatable bonds is 4. The van der Waals surface area contributed by atoms with E-state index < -0.39 is 17.6 Å².